The van der Waals surface area contributed by atoms with Gasteiger partial charge in [-0.05, 0) is 107 Å². The summed E-state index contributed by atoms with van der Waals surface area (Å²) >= 11 is 0. The van der Waals surface area contributed by atoms with Gasteiger partial charge in [-0.2, -0.15) is 0 Å². The van der Waals surface area contributed by atoms with E-state index in [1.54, 1.807) is 60.7 Å². The number of benzene rings is 2. The zero-order valence-electron chi connectivity index (χ0n) is 78.1. The third-order valence-corrected chi connectivity index (χ3v) is 21.4. The second-order valence-electron chi connectivity index (χ2n) is 33.0. The van der Waals surface area contributed by atoms with Gasteiger partial charge in [-0.3, -0.25) is 116 Å². The number of guanidine groups is 1. The first kappa shape index (κ1) is 121. The minimum atomic E-state index is -2.07. The van der Waals surface area contributed by atoms with Gasteiger partial charge in [0.05, 0.1) is 24.7 Å². The Hall–Kier alpha value is -15.6. The lowest BCUT2D eigenvalue weighted by atomic mass is 9.91. The molecular weight excluding hydrogens is 1880 g/mol. The molecule has 0 saturated carbocycles. The number of aliphatic hydroxyl groups is 2. The van der Waals surface area contributed by atoms with E-state index in [9.17, 15) is 126 Å². The van der Waals surface area contributed by atoms with E-state index in [-0.39, 0.29) is 58.3 Å². The van der Waals surface area contributed by atoms with Gasteiger partial charge in [0.2, 0.25) is 142 Å². The Morgan fingerprint density at radius 2 is 0.655 bits per heavy atom. The average Bonchev–Trinajstić information content (AvgIpc) is 0.787. The molecule has 1 aliphatic heterocycles. The number of unbranched alkanes of at least 4 members (excludes halogenated alkanes) is 2. The maximum absolute atomic E-state index is 15.1. The normalized spacial score (nSPS) is 15.7. The number of amides is 23. The fourth-order valence-corrected chi connectivity index (χ4v) is 13.8. The number of ether oxygens (including phenoxy) is 2. The molecule has 0 aliphatic carbocycles. The highest BCUT2D eigenvalue weighted by molar-refractivity contribution is 6.01. The summed E-state index contributed by atoms with van der Waals surface area (Å²) in [6, 6.07) is -5.98. The van der Waals surface area contributed by atoms with Crippen LogP contribution in [0.3, 0.4) is 0 Å². The molecule has 56 heteroatoms. The summed E-state index contributed by atoms with van der Waals surface area (Å²) in [5.41, 5.74) is 62.0. The van der Waals surface area contributed by atoms with Crippen molar-refractivity contribution in [3.05, 3.63) is 83.6 Å². The second-order valence-corrected chi connectivity index (χ2v) is 33.0. The van der Waals surface area contributed by atoms with Crippen LogP contribution in [0.25, 0.3) is 0 Å². The quantitative estimate of drug-likeness (QED) is 0.0166. The van der Waals surface area contributed by atoms with Crippen molar-refractivity contribution in [3.8, 4) is 0 Å². The Morgan fingerprint density at radius 3 is 0.937 bits per heavy atom. The lowest BCUT2D eigenvalue weighted by Gasteiger charge is -2.41. The number of carbonyl (C=O) groups is 24. The van der Waals surface area contributed by atoms with Gasteiger partial charge in [-0.25, -0.2) is 4.79 Å². The topological polar surface area (TPSA) is 979 Å². The first-order chi connectivity index (χ1) is 67.0. The zero-order chi connectivity index (χ0) is 106. The summed E-state index contributed by atoms with van der Waals surface area (Å²) in [6.07, 6.45) is -17.4. The molecule has 0 aromatic heterocycles. The van der Waals surface area contributed by atoms with Gasteiger partial charge in [0.1, 0.15) is 72.6 Å². The van der Waals surface area contributed by atoms with Crippen LogP contribution in [0, 0.1) is 5.41 Å². The van der Waals surface area contributed by atoms with Crippen molar-refractivity contribution >= 4 is 148 Å². The standard InChI is InChI=1S/C86H131N27O29/c1-43(115)102-71-57(113-86(97)98)39-59(85(139)140)142-73(71)72(58(116)42-114)141-38-10-4-9-37-99-68(125)35-24-56(112-83(137)55(25-36-70(127)101-41-45-13-7-3-8-14-45)104-75(129)46(87)15-34-69(126)100-40-44-11-5-2-6-12-44)84(138)111-54(23-33-67(95)124)82(136)110-53(22-32-66(94)123)81(135)109-52(21-31-65(93)122)80(134)108-51(20-30-64(92)121)79(133)107-50(19-29-63(91)120)78(132)106-49(18-28-62(90)119)77(131)105-48(17-27-61(89)118)76(130)103-47(74(96)128)16-26-60(88)117/h2-3,5-8,11-14,39,46-58,71-73,114,116H,4,9-10,15-38,40-42,87H2,1H3,(H2,88,117)(H2,89,118)(H2,90,119)(H2,91,120)(H2,92,121)(H2,93,122)(H2,94,123)(H2,95,124)(H2,96,128)(H,99,125)(H,100,126)(H,101,127)(H,102,115)(H,103,130)(H,104,129)(H,105,131)(H,106,132)(H,107,133)(H,108,134)(H,109,135)(H,110,136)(H,111,138)(H,112,137)(H,139,140)(H4,97,98,113)/t46-,47-,48-,49-,50-,51-,52-,53-,54-,55-,56-,57-,58+,71+,72+,73+/m0/s1. The van der Waals surface area contributed by atoms with Gasteiger partial charge in [0.25, 0.3) is 0 Å². The molecule has 41 N–H and O–H groups in total. The van der Waals surface area contributed by atoms with Gasteiger partial charge >= 0.3 is 5.97 Å². The van der Waals surface area contributed by atoms with E-state index in [1.165, 1.54) is 0 Å². The van der Waals surface area contributed by atoms with Crippen molar-refractivity contribution in [2.75, 3.05) is 19.8 Å². The average molecular weight is 2010 g/mol. The van der Waals surface area contributed by atoms with Crippen LogP contribution in [0.5, 0.6) is 0 Å². The molecule has 0 fully saturated rings. The number of nitrogens with one attached hydrogen (secondary N) is 16. The van der Waals surface area contributed by atoms with Gasteiger partial charge in [0, 0.05) is 104 Å². The van der Waals surface area contributed by atoms with Gasteiger partial charge in [0.15, 0.2) is 12.1 Å². The van der Waals surface area contributed by atoms with Crippen molar-refractivity contribution in [2.24, 2.45) is 63.1 Å². The number of aliphatic carboxylic acids is 1. The fraction of sp³-hybridized carbons (Fsp3) is 0.547. The molecule has 0 unspecified atom stereocenters. The fourth-order valence-electron chi connectivity index (χ4n) is 13.8. The number of hydrogen-bond acceptors (Lipinski definition) is 30. The number of primary amides is 9. The van der Waals surface area contributed by atoms with Crippen molar-refractivity contribution in [3.63, 3.8) is 0 Å². The van der Waals surface area contributed by atoms with Crippen molar-refractivity contribution in [1.82, 2.24) is 79.8 Å². The van der Waals surface area contributed by atoms with Crippen LogP contribution in [-0.4, -0.2) is 280 Å². The minimum absolute atomic E-state index is 0.000386. The second kappa shape index (κ2) is 63.8. The van der Waals surface area contributed by atoms with Crippen LogP contribution in [0.4, 0.5) is 0 Å². The van der Waals surface area contributed by atoms with E-state index in [2.05, 4.69) is 79.8 Å². The molecule has 23 amide bonds. The zero-order valence-corrected chi connectivity index (χ0v) is 78.1. The summed E-state index contributed by atoms with van der Waals surface area (Å²) in [6.45, 7) is -0.0578. The molecule has 2 aromatic rings. The van der Waals surface area contributed by atoms with Gasteiger partial charge in [-0.1, -0.05) is 60.7 Å². The first-order valence-corrected chi connectivity index (χ1v) is 45.1. The van der Waals surface area contributed by atoms with Crippen molar-refractivity contribution < 1.29 is 140 Å². The SMILES string of the molecule is CC(=O)N[C@H]1[C@H]([C@H](OCCCCCNC(=O)CC[C@H](NC(=O)[C@H](CCC(=O)NCc2ccccc2)NC(=O)[C@@H](N)CCC(=O)NCc2ccccc2)C(=O)N[C@@H](CCC(N)=O)C(=O)N[C@@H](CCC(N)=O)C(=O)N[C@@H](CCC(N)=O)C(=O)N[C@@H](CCC(N)=O)C(=O)N[C@@H](CCC(N)=O)C(=O)N[C@@H](CCC(N)=O)C(=O)N[C@@H](CCC(N)=O)C(=O)N[C@@H](CCC(N)=O)C(N)=O)[C@H](O)CO)OC(C(=O)O)=C[C@@H]1NC(=N)N. The molecule has 784 valence electrons. The molecular formula is C86H131N27O29. The highest BCUT2D eigenvalue weighted by atomic mass is 16.6. The summed E-state index contributed by atoms with van der Waals surface area (Å²) < 4.78 is 11.6. The molecule has 142 heavy (non-hydrogen) atoms. The summed E-state index contributed by atoms with van der Waals surface area (Å²) in [5.74, 6) is -28.4. The molecule has 1 heterocycles. The lowest BCUT2D eigenvalue weighted by molar-refractivity contribution is -0.154. The van der Waals surface area contributed by atoms with Crippen LogP contribution in [0.15, 0.2) is 72.5 Å². The van der Waals surface area contributed by atoms with E-state index in [0.717, 1.165) is 18.6 Å². The largest absolute Gasteiger partial charge is 0.478 e. The Bertz CT molecular complexity index is 4780. The number of hydrogen-bond donors (Lipinski definition) is 30. The van der Waals surface area contributed by atoms with E-state index >= 15 is 4.79 Å². The van der Waals surface area contributed by atoms with Crippen molar-refractivity contribution in [2.45, 2.75) is 277 Å². The number of carboxylic acids is 1. The van der Waals surface area contributed by atoms with Crippen LogP contribution >= 0.6 is 0 Å². The molecule has 0 bridgehead atoms. The van der Waals surface area contributed by atoms with Crippen molar-refractivity contribution in [1.29, 1.82) is 5.41 Å². The third-order valence-electron chi connectivity index (χ3n) is 21.4. The van der Waals surface area contributed by atoms with Crippen LogP contribution in [0.2, 0.25) is 0 Å². The predicted molar refractivity (Wildman–Crippen MR) is 495 cm³/mol. The monoisotopic (exact) mass is 2010 g/mol. The van der Waals surface area contributed by atoms with E-state index < -0.39 is 385 Å². The highest BCUT2D eigenvalue weighted by Gasteiger charge is 2.46. The number of aliphatic hydroxyl groups excluding tert-OH is 2. The highest BCUT2D eigenvalue weighted by Crippen LogP contribution is 2.26. The molecule has 3 rings (SSSR count). The number of carbonyl (C=O) groups excluding carboxylic acids is 23. The van der Waals surface area contributed by atoms with Gasteiger partial charge < -0.3 is 168 Å². The van der Waals surface area contributed by atoms with Crippen LogP contribution in [0.1, 0.15) is 179 Å². The summed E-state index contributed by atoms with van der Waals surface area (Å²) in [7, 11) is 0. The molecule has 1 aliphatic rings. The molecule has 56 nitrogen and oxygen atoms in total. The smallest absolute Gasteiger partial charge is 0.370 e. The first-order valence-electron chi connectivity index (χ1n) is 45.1. The molecule has 2 aromatic carbocycles. The van der Waals surface area contributed by atoms with E-state index in [0.29, 0.717) is 5.56 Å². The van der Waals surface area contributed by atoms with Crippen LogP contribution < -0.4 is 143 Å². The Labute approximate surface area is 813 Å². The third kappa shape index (κ3) is 48.6. The lowest BCUT2D eigenvalue weighted by Crippen LogP contribution is -2.64. The summed E-state index contributed by atoms with van der Waals surface area (Å²) in [4.78, 5) is 320. The predicted octanol–water partition coefficient (Wildman–Crippen LogP) is -12.5. The molecule has 0 spiro atoms. The maximum Gasteiger partial charge on any atom is 0.370 e. The Balaban J connectivity index is 2.12. The number of carboxylic acid groups (broad SMARTS) is 1. The summed E-state index contributed by atoms with van der Waals surface area (Å²) in [5, 5.41) is 74.7. The number of nitrogens with two attached hydrogens (primary N) is 11. The van der Waals surface area contributed by atoms with E-state index in [4.69, 9.17) is 78.0 Å². The number of rotatable bonds is 71. The minimum Gasteiger partial charge on any atom is -0.478 e. The van der Waals surface area contributed by atoms with Crippen LogP contribution in [-0.2, 0) is 138 Å². The Kier molecular flexibility index (Phi) is 54.1. The van der Waals surface area contributed by atoms with E-state index in [1.807, 2.05) is 0 Å². The molecule has 16 atom stereocenters. The maximum atomic E-state index is 15.1. The Morgan fingerprint density at radius 1 is 0.373 bits per heavy atom. The molecule has 0 radical (unpaired) electrons. The molecule has 0 saturated heterocycles. The van der Waals surface area contributed by atoms with Gasteiger partial charge in [-0.15, -0.1) is 0 Å².